The van der Waals surface area contributed by atoms with Crippen molar-refractivity contribution in [3.63, 3.8) is 0 Å². The fraction of sp³-hybridized carbons (Fsp3) is 0.800. The van der Waals surface area contributed by atoms with E-state index < -0.39 is 6.10 Å². The Labute approximate surface area is 503 Å². The highest BCUT2D eigenvalue weighted by atomic mass is 16.6. The summed E-state index contributed by atoms with van der Waals surface area (Å²) in [5.41, 5.74) is 0. The summed E-state index contributed by atoms with van der Waals surface area (Å²) in [6, 6.07) is 0. The van der Waals surface area contributed by atoms with Crippen molar-refractivity contribution < 1.29 is 28.6 Å². The number of rotatable bonds is 65. The highest BCUT2D eigenvalue weighted by Gasteiger charge is 2.19. The molecule has 6 nitrogen and oxygen atoms in total. The summed E-state index contributed by atoms with van der Waals surface area (Å²) in [5.74, 6) is -0.852. The zero-order valence-electron chi connectivity index (χ0n) is 54.1. The normalized spacial score (nSPS) is 12.5. The smallest absolute Gasteiger partial charge is 0.306 e. The molecule has 0 radical (unpaired) electrons. The molecule has 0 heterocycles. The van der Waals surface area contributed by atoms with Gasteiger partial charge in [0.1, 0.15) is 13.2 Å². The molecule has 81 heavy (non-hydrogen) atoms. The minimum absolute atomic E-state index is 0.0705. The predicted molar refractivity (Wildman–Crippen MR) is 353 cm³/mol. The number of allylic oxidation sites excluding steroid dienone is 12. The average molecular weight is 1130 g/mol. The first-order chi connectivity index (χ1) is 40.0. The van der Waals surface area contributed by atoms with Gasteiger partial charge in [0.05, 0.1) is 0 Å². The van der Waals surface area contributed by atoms with E-state index in [1.165, 1.54) is 238 Å². The first-order valence-electron chi connectivity index (χ1n) is 35.4. The van der Waals surface area contributed by atoms with E-state index >= 15 is 0 Å². The van der Waals surface area contributed by atoms with Gasteiger partial charge in [-0.3, -0.25) is 14.4 Å². The molecule has 0 N–H and O–H groups in total. The second kappa shape index (κ2) is 69.3. The summed E-state index contributed by atoms with van der Waals surface area (Å²) in [4.78, 5) is 38.4. The lowest BCUT2D eigenvalue weighted by molar-refractivity contribution is -0.167. The monoisotopic (exact) mass is 1130 g/mol. The Morgan fingerprint density at radius 3 is 0.765 bits per heavy atom. The zero-order chi connectivity index (χ0) is 58.5. The third-order valence-electron chi connectivity index (χ3n) is 15.7. The largest absolute Gasteiger partial charge is 0.462 e. The molecule has 0 aliphatic carbocycles. The Morgan fingerprint density at radius 2 is 0.481 bits per heavy atom. The maximum atomic E-state index is 12.9. The van der Waals surface area contributed by atoms with Crippen LogP contribution in [0.3, 0.4) is 0 Å². The molecule has 0 spiro atoms. The lowest BCUT2D eigenvalue weighted by Crippen LogP contribution is -2.30. The van der Waals surface area contributed by atoms with Crippen LogP contribution in [0.5, 0.6) is 0 Å². The van der Waals surface area contributed by atoms with Crippen molar-refractivity contribution >= 4 is 17.9 Å². The summed E-state index contributed by atoms with van der Waals surface area (Å²) in [5, 5.41) is 0. The van der Waals surface area contributed by atoms with Crippen molar-refractivity contribution in [2.24, 2.45) is 0 Å². The van der Waals surface area contributed by atoms with Crippen LogP contribution in [0.25, 0.3) is 0 Å². The molecular formula is C75H134O6. The van der Waals surface area contributed by atoms with Crippen LogP contribution < -0.4 is 0 Å². The van der Waals surface area contributed by atoms with Gasteiger partial charge in [0, 0.05) is 19.3 Å². The number of unbranched alkanes of at least 4 members (excludes halogenated alkanes) is 42. The molecule has 0 aromatic carbocycles. The van der Waals surface area contributed by atoms with E-state index in [1.54, 1.807) is 0 Å². The maximum absolute atomic E-state index is 12.9. The standard InChI is InChI=1S/C75H134O6/c1-4-7-10-13-16-19-22-24-26-28-30-32-33-34-35-36-37-38-39-40-41-43-44-46-48-50-53-56-59-62-65-68-74(77)80-71-72(70-79-73(76)67-64-61-58-55-52-21-18-15-12-9-6-3)81-75(78)69-66-63-60-57-54-51-49-47-45-42-31-29-27-25-23-20-17-14-11-8-5-2/h7,10,16,19,24,26,29-32,34-35,72H,4-6,8-9,11-15,17-18,20-23,25,27-28,33,36-71H2,1-3H3/b10-7-,19-16-,26-24-,31-29-,32-30-,35-34-. The van der Waals surface area contributed by atoms with Gasteiger partial charge >= 0.3 is 17.9 Å². The lowest BCUT2D eigenvalue weighted by atomic mass is 10.0. The van der Waals surface area contributed by atoms with Crippen LogP contribution in [0.1, 0.15) is 367 Å². The molecule has 0 fully saturated rings. The molecule has 0 aliphatic rings. The van der Waals surface area contributed by atoms with Gasteiger partial charge in [0.15, 0.2) is 6.10 Å². The van der Waals surface area contributed by atoms with E-state index in [4.69, 9.17) is 14.2 Å². The zero-order valence-corrected chi connectivity index (χ0v) is 54.1. The van der Waals surface area contributed by atoms with Gasteiger partial charge in [-0.1, -0.05) is 331 Å². The quantitative estimate of drug-likeness (QED) is 0.0261. The Bertz CT molecular complexity index is 1490. The van der Waals surface area contributed by atoms with Crippen molar-refractivity contribution in [1.82, 2.24) is 0 Å². The first kappa shape index (κ1) is 77.9. The Morgan fingerprint density at radius 1 is 0.259 bits per heavy atom. The number of esters is 3. The Hall–Kier alpha value is -3.15. The summed E-state index contributed by atoms with van der Waals surface area (Å²) in [6.07, 6.45) is 90.8. The molecule has 470 valence electrons. The van der Waals surface area contributed by atoms with Gasteiger partial charge in [0.25, 0.3) is 0 Å². The summed E-state index contributed by atoms with van der Waals surface area (Å²) in [6.45, 7) is 6.57. The summed E-state index contributed by atoms with van der Waals surface area (Å²) in [7, 11) is 0. The number of ether oxygens (including phenoxy) is 3. The Balaban J connectivity index is 4.17. The van der Waals surface area contributed by atoms with Crippen LogP contribution in [0.2, 0.25) is 0 Å². The van der Waals surface area contributed by atoms with E-state index in [0.717, 1.165) is 89.9 Å². The molecule has 0 amide bonds. The minimum Gasteiger partial charge on any atom is -0.462 e. The second-order valence-electron chi connectivity index (χ2n) is 23.8. The molecule has 0 saturated heterocycles. The molecular weight excluding hydrogens is 997 g/mol. The minimum atomic E-state index is -0.774. The van der Waals surface area contributed by atoms with Gasteiger partial charge in [0.2, 0.25) is 0 Å². The van der Waals surface area contributed by atoms with Crippen molar-refractivity contribution in [1.29, 1.82) is 0 Å². The van der Waals surface area contributed by atoms with Crippen LogP contribution in [0.4, 0.5) is 0 Å². The predicted octanol–water partition coefficient (Wildman–Crippen LogP) is 24.4. The van der Waals surface area contributed by atoms with Crippen LogP contribution in [-0.4, -0.2) is 37.2 Å². The summed E-state index contributed by atoms with van der Waals surface area (Å²) < 4.78 is 17.0. The maximum Gasteiger partial charge on any atom is 0.306 e. The second-order valence-corrected chi connectivity index (χ2v) is 23.8. The lowest BCUT2D eigenvalue weighted by Gasteiger charge is -2.18. The molecule has 6 heteroatoms. The molecule has 0 aliphatic heterocycles. The van der Waals surface area contributed by atoms with Crippen molar-refractivity contribution in [2.45, 2.75) is 374 Å². The molecule has 0 rings (SSSR count). The van der Waals surface area contributed by atoms with Gasteiger partial charge in [-0.25, -0.2) is 0 Å². The van der Waals surface area contributed by atoms with Gasteiger partial charge in [-0.05, 0) is 89.9 Å². The Kier molecular flexibility index (Phi) is 66.6. The van der Waals surface area contributed by atoms with Crippen LogP contribution >= 0.6 is 0 Å². The molecule has 0 bridgehead atoms. The number of carbonyl (C=O) groups excluding carboxylic acids is 3. The van der Waals surface area contributed by atoms with E-state index in [0.29, 0.717) is 19.3 Å². The number of hydrogen-bond acceptors (Lipinski definition) is 6. The molecule has 0 aromatic heterocycles. The number of carbonyl (C=O) groups is 3. The fourth-order valence-corrected chi connectivity index (χ4v) is 10.4. The third kappa shape index (κ3) is 67.5. The van der Waals surface area contributed by atoms with Crippen LogP contribution in [0.15, 0.2) is 72.9 Å². The average Bonchev–Trinajstić information content (AvgIpc) is 3.47. The van der Waals surface area contributed by atoms with E-state index in [1.807, 2.05) is 0 Å². The van der Waals surface area contributed by atoms with Gasteiger partial charge in [-0.15, -0.1) is 0 Å². The van der Waals surface area contributed by atoms with Crippen LogP contribution in [-0.2, 0) is 28.6 Å². The van der Waals surface area contributed by atoms with E-state index in [2.05, 4.69) is 93.7 Å². The molecule has 1 unspecified atom stereocenters. The van der Waals surface area contributed by atoms with Crippen molar-refractivity contribution in [3.05, 3.63) is 72.9 Å². The molecule has 0 saturated carbocycles. The van der Waals surface area contributed by atoms with Gasteiger partial charge in [-0.2, -0.15) is 0 Å². The SMILES string of the molecule is CC/C=C\C/C=C\C/C=C\C/C=C\C/C=C\CCCCCCCCCCCCCCCCCC(=O)OCC(COC(=O)CCCCCCCCCCCCC)OC(=O)CCCCCCCCCCC/C=C\CCCCCCCCCC. The van der Waals surface area contributed by atoms with E-state index in [9.17, 15) is 14.4 Å². The molecule has 1 atom stereocenters. The summed E-state index contributed by atoms with van der Waals surface area (Å²) >= 11 is 0. The number of hydrogen-bond donors (Lipinski definition) is 0. The highest BCUT2D eigenvalue weighted by Crippen LogP contribution is 2.18. The van der Waals surface area contributed by atoms with Gasteiger partial charge < -0.3 is 14.2 Å². The van der Waals surface area contributed by atoms with Crippen molar-refractivity contribution in [2.75, 3.05) is 13.2 Å². The first-order valence-corrected chi connectivity index (χ1v) is 35.4. The van der Waals surface area contributed by atoms with E-state index in [-0.39, 0.29) is 31.1 Å². The molecule has 0 aromatic rings. The van der Waals surface area contributed by atoms with Crippen molar-refractivity contribution in [3.8, 4) is 0 Å². The third-order valence-corrected chi connectivity index (χ3v) is 15.7. The highest BCUT2D eigenvalue weighted by molar-refractivity contribution is 5.71. The fourth-order valence-electron chi connectivity index (χ4n) is 10.4. The topological polar surface area (TPSA) is 78.9 Å². The van der Waals surface area contributed by atoms with Crippen LogP contribution in [0, 0.1) is 0 Å².